The summed E-state index contributed by atoms with van der Waals surface area (Å²) in [6, 6.07) is -5.51. The van der Waals surface area contributed by atoms with Crippen LogP contribution in [0.5, 0.6) is 0 Å². The molecule has 1 rings (SSSR count). The number of hydrogen-bond donors (Lipinski definition) is 8. The molecule has 0 bridgehead atoms. The highest BCUT2D eigenvalue weighted by Gasteiger charge is 2.31. The molecule has 0 aliphatic heterocycles. The Bertz CT molecular complexity index is 919. The summed E-state index contributed by atoms with van der Waals surface area (Å²) in [6.45, 7) is 3.55. The normalized spacial score (nSPS) is 14.3. The molecule has 1 aromatic rings. The molecule has 0 fully saturated rings. The second-order valence-electron chi connectivity index (χ2n) is 8.31. The summed E-state index contributed by atoms with van der Waals surface area (Å²) in [7, 11) is 0. The number of imidazole rings is 1. The van der Waals surface area contributed by atoms with Gasteiger partial charge in [-0.05, 0) is 12.3 Å². The van der Waals surface area contributed by atoms with E-state index in [0.717, 1.165) is 0 Å². The lowest BCUT2D eigenvalue weighted by molar-refractivity contribution is -0.143. The topological polar surface area (TPSA) is 260 Å². The summed E-state index contributed by atoms with van der Waals surface area (Å²) < 4.78 is 0. The molecule has 15 heteroatoms. The third-order valence-electron chi connectivity index (χ3n) is 4.70. The van der Waals surface area contributed by atoms with Gasteiger partial charge in [0.1, 0.15) is 18.1 Å². The molecule has 0 saturated heterocycles. The molecule has 0 spiro atoms. The van der Waals surface area contributed by atoms with E-state index in [0.29, 0.717) is 5.69 Å². The number of aromatic amines is 1. The first-order valence-electron chi connectivity index (χ1n) is 10.7. The van der Waals surface area contributed by atoms with Crippen molar-refractivity contribution in [3.8, 4) is 0 Å². The number of carbonyl (C=O) groups is 6. The highest BCUT2D eigenvalue weighted by molar-refractivity contribution is 5.95. The minimum Gasteiger partial charge on any atom is -0.481 e. The van der Waals surface area contributed by atoms with Gasteiger partial charge >= 0.3 is 11.9 Å². The molecular weight excluding hydrogens is 466 g/mol. The summed E-state index contributed by atoms with van der Waals surface area (Å²) in [4.78, 5) is 78.1. The van der Waals surface area contributed by atoms with E-state index in [1.807, 2.05) is 0 Å². The van der Waals surface area contributed by atoms with Gasteiger partial charge < -0.3 is 42.6 Å². The average molecular weight is 498 g/mol. The fraction of sp³-hybridized carbons (Fsp3) is 0.550. The van der Waals surface area contributed by atoms with Gasteiger partial charge in [0.25, 0.3) is 0 Å². The molecule has 194 valence electrons. The van der Waals surface area contributed by atoms with Crippen LogP contribution >= 0.6 is 0 Å². The zero-order valence-corrected chi connectivity index (χ0v) is 19.3. The Morgan fingerprint density at radius 3 is 2.00 bits per heavy atom. The van der Waals surface area contributed by atoms with Gasteiger partial charge in [0.05, 0.1) is 25.2 Å². The predicted molar refractivity (Wildman–Crippen MR) is 119 cm³/mol. The Kier molecular flexibility index (Phi) is 11.3. The van der Waals surface area contributed by atoms with Crippen molar-refractivity contribution in [2.24, 2.45) is 17.4 Å². The first-order valence-corrected chi connectivity index (χ1v) is 10.7. The van der Waals surface area contributed by atoms with Crippen LogP contribution in [0.1, 0.15) is 38.8 Å². The van der Waals surface area contributed by atoms with Crippen molar-refractivity contribution in [1.82, 2.24) is 25.9 Å². The van der Waals surface area contributed by atoms with Gasteiger partial charge in [-0.25, -0.2) is 9.78 Å². The van der Waals surface area contributed by atoms with E-state index >= 15 is 0 Å². The zero-order valence-electron chi connectivity index (χ0n) is 19.3. The number of carboxylic acids is 2. The van der Waals surface area contributed by atoms with Gasteiger partial charge in [0, 0.05) is 18.3 Å². The van der Waals surface area contributed by atoms with E-state index in [4.69, 9.17) is 16.6 Å². The molecule has 0 radical (unpaired) electrons. The summed E-state index contributed by atoms with van der Waals surface area (Å²) >= 11 is 0. The summed E-state index contributed by atoms with van der Waals surface area (Å²) in [5, 5.41) is 25.1. The molecule has 4 atom stereocenters. The predicted octanol–water partition coefficient (Wildman–Crippen LogP) is -2.79. The Labute approximate surface area is 200 Å². The average Bonchev–Trinajstić information content (AvgIpc) is 3.24. The van der Waals surface area contributed by atoms with Gasteiger partial charge in [-0.15, -0.1) is 0 Å². The molecule has 0 aromatic carbocycles. The Morgan fingerprint density at radius 2 is 1.51 bits per heavy atom. The molecule has 0 aliphatic carbocycles. The molecule has 10 N–H and O–H groups in total. The summed E-state index contributed by atoms with van der Waals surface area (Å²) in [6.07, 6.45) is 1.42. The zero-order chi connectivity index (χ0) is 26.7. The SMILES string of the molecule is CC(C)CC(NC(=O)C(N)CC(=O)O)C(=O)NC(Cc1cnc[nH]1)C(=O)NC(CC(N)=O)C(=O)O. The number of primary amides is 1. The quantitative estimate of drug-likeness (QED) is 0.123. The molecule has 1 aromatic heterocycles. The molecule has 4 unspecified atom stereocenters. The number of carboxylic acid groups (broad SMARTS) is 2. The van der Waals surface area contributed by atoms with E-state index in [2.05, 4.69) is 25.9 Å². The highest BCUT2D eigenvalue weighted by Crippen LogP contribution is 2.08. The second kappa shape index (κ2) is 13.6. The monoisotopic (exact) mass is 497 g/mol. The van der Waals surface area contributed by atoms with Gasteiger partial charge in [-0.2, -0.15) is 0 Å². The number of nitrogens with one attached hydrogen (secondary N) is 4. The maximum absolute atomic E-state index is 13.0. The van der Waals surface area contributed by atoms with Crippen LogP contribution in [0.3, 0.4) is 0 Å². The molecule has 1 heterocycles. The van der Waals surface area contributed by atoms with Crippen molar-refractivity contribution in [2.75, 3.05) is 0 Å². The summed E-state index contributed by atoms with van der Waals surface area (Å²) in [5.74, 6) is -6.40. The van der Waals surface area contributed by atoms with Gasteiger partial charge in [-0.3, -0.25) is 24.0 Å². The number of amides is 4. The van der Waals surface area contributed by atoms with Crippen LogP contribution < -0.4 is 27.4 Å². The number of rotatable bonds is 15. The van der Waals surface area contributed by atoms with Crippen molar-refractivity contribution >= 4 is 35.6 Å². The van der Waals surface area contributed by atoms with Crippen molar-refractivity contribution < 1.29 is 39.0 Å². The lowest BCUT2D eigenvalue weighted by Crippen LogP contribution is -2.58. The first-order chi connectivity index (χ1) is 16.3. The maximum atomic E-state index is 13.0. The molecule has 35 heavy (non-hydrogen) atoms. The molecule has 15 nitrogen and oxygen atoms in total. The van der Waals surface area contributed by atoms with Crippen molar-refractivity contribution in [1.29, 1.82) is 0 Å². The Hall–Kier alpha value is -4.01. The standard InChI is InChI=1S/C20H31N7O8/c1-9(2)3-12(25-17(31)11(21)5-16(29)30)18(32)26-13(4-10-7-23-8-24-10)19(33)27-14(20(34)35)6-15(22)28/h7-9,11-14H,3-6,21H2,1-2H3,(H2,22,28)(H,23,24)(H,25,31)(H,26,32)(H,27,33)(H,29,30)(H,34,35). The van der Waals surface area contributed by atoms with Crippen LogP contribution in [0.4, 0.5) is 0 Å². The lowest BCUT2D eigenvalue weighted by Gasteiger charge is -2.25. The molecule has 4 amide bonds. The number of carbonyl (C=O) groups excluding carboxylic acids is 4. The minimum absolute atomic E-state index is 0.0893. The Morgan fingerprint density at radius 1 is 0.943 bits per heavy atom. The number of hydrogen-bond acceptors (Lipinski definition) is 8. The van der Waals surface area contributed by atoms with Crippen LogP contribution in [0, 0.1) is 5.92 Å². The van der Waals surface area contributed by atoms with Crippen LogP contribution in [-0.2, 0) is 35.2 Å². The first kappa shape index (κ1) is 29.0. The van der Waals surface area contributed by atoms with Gasteiger partial charge in [-0.1, -0.05) is 13.8 Å². The smallest absolute Gasteiger partial charge is 0.326 e. The fourth-order valence-electron chi connectivity index (χ4n) is 3.03. The molecular formula is C20H31N7O8. The van der Waals surface area contributed by atoms with E-state index in [1.54, 1.807) is 13.8 Å². The van der Waals surface area contributed by atoms with E-state index in [9.17, 15) is 33.9 Å². The van der Waals surface area contributed by atoms with Crippen molar-refractivity contribution in [3.63, 3.8) is 0 Å². The minimum atomic E-state index is -1.62. The number of H-pyrrole nitrogens is 1. The van der Waals surface area contributed by atoms with Crippen LogP contribution in [0.15, 0.2) is 12.5 Å². The molecule has 0 aliphatic rings. The third kappa shape index (κ3) is 10.6. The van der Waals surface area contributed by atoms with E-state index in [-0.39, 0.29) is 18.8 Å². The highest BCUT2D eigenvalue weighted by atomic mass is 16.4. The van der Waals surface area contributed by atoms with E-state index in [1.165, 1.54) is 12.5 Å². The molecule has 0 saturated carbocycles. The van der Waals surface area contributed by atoms with Crippen LogP contribution in [0.2, 0.25) is 0 Å². The maximum Gasteiger partial charge on any atom is 0.326 e. The van der Waals surface area contributed by atoms with Crippen LogP contribution in [-0.4, -0.2) is 79.9 Å². The number of nitrogens with two attached hydrogens (primary N) is 2. The second-order valence-corrected chi connectivity index (χ2v) is 8.31. The number of aliphatic carboxylic acids is 2. The van der Waals surface area contributed by atoms with Crippen molar-refractivity contribution in [3.05, 3.63) is 18.2 Å². The largest absolute Gasteiger partial charge is 0.481 e. The number of aromatic nitrogens is 2. The summed E-state index contributed by atoms with van der Waals surface area (Å²) in [5.41, 5.74) is 11.0. The third-order valence-corrected chi connectivity index (χ3v) is 4.70. The van der Waals surface area contributed by atoms with Crippen molar-refractivity contribution in [2.45, 2.75) is 63.7 Å². The number of nitrogens with zero attached hydrogens (tertiary/aromatic N) is 1. The van der Waals surface area contributed by atoms with E-state index < -0.39 is 72.6 Å². The lowest BCUT2D eigenvalue weighted by atomic mass is 10.0. The Balaban J connectivity index is 3.08. The fourth-order valence-corrected chi connectivity index (χ4v) is 3.03. The van der Waals surface area contributed by atoms with Gasteiger partial charge in [0.15, 0.2) is 0 Å². The van der Waals surface area contributed by atoms with Crippen LogP contribution in [0.25, 0.3) is 0 Å². The van der Waals surface area contributed by atoms with Gasteiger partial charge in [0.2, 0.25) is 23.6 Å².